The van der Waals surface area contributed by atoms with Crippen LogP contribution in [0, 0.1) is 23.2 Å². The lowest BCUT2D eigenvalue weighted by atomic mass is 9.65. The molecule has 104 valence electrons. The van der Waals surface area contributed by atoms with Crippen LogP contribution in [-0.4, -0.2) is 12.2 Å². The van der Waals surface area contributed by atoms with Crippen molar-refractivity contribution in [3.05, 3.63) is 23.8 Å². The number of phenolic OH excluding ortho intramolecular Hbond substituents is 1. The fourth-order valence-electron chi connectivity index (χ4n) is 4.46. The molecular formula is C17H24O2. The van der Waals surface area contributed by atoms with Gasteiger partial charge in [-0.15, -0.1) is 0 Å². The first-order chi connectivity index (χ1) is 8.95. The van der Waals surface area contributed by atoms with Gasteiger partial charge in [-0.1, -0.05) is 26.8 Å². The first kappa shape index (κ1) is 12.8. The molecule has 2 nitrogen and oxygen atoms in total. The third kappa shape index (κ3) is 1.76. The second-order valence-electron chi connectivity index (χ2n) is 6.98. The van der Waals surface area contributed by atoms with Crippen LogP contribution in [0.3, 0.4) is 0 Å². The number of phenols is 1. The summed E-state index contributed by atoms with van der Waals surface area (Å²) in [6, 6.07) is 5.87. The summed E-state index contributed by atoms with van der Waals surface area (Å²) < 4.78 is 5.24. The van der Waals surface area contributed by atoms with Gasteiger partial charge in [0, 0.05) is 0 Å². The largest absolute Gasteiger partial charge is 0.504 e. The van der Waals surface area contributed by atoms with Crippen LogP contribution in [0.5, 0.6) is 11.5 Å². The first-order valence-electron chi connectivity index (χ1n) is 7.32. The van der Waals surface area contributed by atoms with Crippen LogP contribution in [-0.2, 0) is 0 Å². The Bertz CT molecular complexity index is 488. The van der Waals surface area contributed by atoms with Crippen molar-refractivity contribution in [2.24, 2.45) is 23.2 Å². The Hall–Kier alpha value is -1.18. The smallest absolute Gasteiger partial charge is 0.160 e. The molecule has 19 heavy (non-hydrogen) atoms. The average Bonchev–Trinajstić information content (AvgIpc) is 2.90. The molecule has 0 saturated heterocycles. The Labute approximate surface area is 115 Å². The zero-order valence-electron chi connectivity index (χ0n) is 12.3. The van der Waals surface area contributed by atoms with Crippen molar-refractivity contribution in [1.29, 1.82) is 0 Å². The minimum Gasteiger partial charge on any atom is -0.504 e. The van der Waals surface area contributed by atoms with E-state index in [-0.39, 0.29) is 5.75 Å². The number of aromatic hydroxyl groups is 1. The number of benzene rings is 1. The van der Waals surface area contributed by atoms with Gasteiger partial charge in [-0.25, -0.2) is 0 Å². The minimum absolute atomic E-state index is 0.239. The molecule has 0 spiro atoms. The highest BCUT2D eigenvalue weighted by Gasteiger charge is 2.55. The van der Waals surface area contributed by atoms with Crippen molar-refractivity contribution in [3.8, 4) is 11.5 Å². The van der Waals surface area contributed by atoms with Crippen LogP contribution >= 0.6 is 0 Å². The predicted octanol–water partition coefficient (Wildman–Crippen LogP) is 4.19. The molecule has 0 heterocycles. The lowest BCUT2D eigenvalue weighted by Gasteiger charge is -2.40. The van der Waals surface area contributed by atoms with E-state index >= 15 is 0 Å². The van der Waals surface area contributed by atoms with E-state index in [1.807, 2.05) is 6.07 Å². The Morgan fingerprint density at radius 2 is 2.00 bits per heavy atom. The number of rotatable bonds is 2. The zero-order chi connectivity index (χ0) is 13.8. The minimum atomic E-state index is 0.239. The van der Waals surface area contributed by atoms with E-state index in [2.05, 4.69) is 26.8 Å². The van der Waals surface area contributed by atoms with Crippen LogP contribution in [0.2, 0.25) is 0 Å². The van der Waals surface area contributed by atoms with Crippen LogP contribution in [0.25, 0.3) is 0 Å². The maximum atomic E-state index is 9.72. The summed E-state index contributed by atoms with van der Waals surface area (Å²) in [5, 5.41) is 9.72. The molecule has 0 unspecified atom stereocenters. The summed E-state index contributed by atoms with van der Waals surface area (Å²) in [5.74, 6) is 3.89. The van der Waals surface area contributed by atoms with Crippen LogP contribution in [0.1, 0.15) is 45.1 Å². The van der Waals surface area contributed by atoms with E-state index in [4.69, 9.17) is 4.74 Å². The first-order valence-corrected chi connectivity index (χ1v) is 7.32. The van der Waals surface area contributed by atoms with Crippen LogP contribution in [0.15, 0.2) is 18.2 Å². The number of fused-ring (bicyclic) bond motifs is 2. The van der Waals surface area contributed by atoms with Gasteiger partial charge in [-0.3, -0.25) is 0 Å². The van der Waals surface area contributed by atoms with Crippen molar-refractivity contribution >= 4 is 0 Å². The van der Waals surface area contributed by atoms with Crippen molar-refractivity contribution < 1.29 is 9.84 Å². The van der Waals surface area contributed by atoms with Gasteiger partial charge in [0.05, 0.1) is 7.11 Å². The molecule has 1 aromatic rings. The van der Waals surface area contributed by atoms with Crippen LogP contribution < -0.4 is 4.74 Å². The SMILES string of the molecule is COc1cc([C@H]2C[C@@H]3C[C@@H]2[C@@H](C)C3(C)C)ccc1O. The fraction of sp³-hybridized carbons (Fsp3) is 0.647. The molecule has 0 radical (unpaired) electrons. The van der Waals surface area contributed by atoms with Gasteiger partial charge in [0.2, 0.25) is 0 Å². The van der Waals surface area contributed by atoms with Gasteiger partial charge < -0.3 is 9.84 Å². The Morgan fingerprint density at radius 3 is 2.58 bits per heavy atom. The lowest BCUT2D eigenvalue weighted by Crippen LogP contribution is -2.32. The van der Waals surface area contributed by atoms with E-state index in [9.17, 15) is 5.11 Å². The molecule has 1 N–H and O–H groups in total. The Kier molecular flexibility index (Phi) is 2.81. The van der Waals surface area contributed by atoms with Gasteiger partial charge >= 0.3 is 0 Å². The Balaban J connectivity index is 1.90. The molecule has 2 fully saturated rings. The van der Waals surface area contributed by atoms with E-state index in [0.717, 1.165) is 17.8 Å². The van der Waals surface area contributed by atoms with E-state index < -0.39 is 0 Å². The summed E-state index contributed by atoms with van der Waals surface area (Å²) in [4.78, 5) is 0. The summed E-state index contributed by atoms with van der Waals surface area (Å²) in [7, 11) is 1.62. The van der Waals surface area contributed by atoms with Gasteiger partial charge in [-0.2, -0.15) is 0 Å². The second-order valence-corrected chi connectivity index (χ2v) is 6.98. The third-order valence-corrected chi connectivity index (χ3v) is 6.11. The molecular weight excluding hydrogens is 236 g/mol. The van der Waals surface area contributed by atoms with Gasteiger partial charge in [0.1, 0.15) is 0 Å². The molecule has 1 aromatic carbocycles. The predicted molar refractivity (Wildman–Crippen MR) is 76.6 cm³/mol. The topological polar surface area (TPSA) is 29.5 Å². The highest BCUT2D eigenvalue weighted by atomic mass is 16.5. The Morgan fingerprint density at radius 1 is 1.26 bits per heavy atom. The quantitative estimate of drug-likeness (QED) is 0.864. The maximum Gasteiger partial charge on any atom is 0.160 e. The molecule has 4 atom stereocenters. The maximum absolute atomic E-state index is 9.72. The van der Waals surface area contributed by atoms with E-state index in [1.54, 1.807) is 13.2 Å². The van der Waals surface area contributed by atoms with Crippen molar-refractivity contribution in [2.75, 3.05) is 7.11 Å². The molecule has 0 amide bonds. The molecule has 3 rings (SSSR count). The fourth-order valence-corrected chi connectivity index (χ4v) is 4.46. The van der Waals surface area contributed by atoms with E-state index in [0.29, 0.717) is 17.1 Å². The summed E-state index contributed by atoms with van der Waals surface area (Å²) in [6.07, 6.45) is 2.65. The molecule has 2 aliphatic rings. The monoisotopic (exact) mass is 260 g/mol. The summed E-state index contributed by atoms with van der Waals surface area (Å²) in [5.41, 5.74) is 1.83. The number of methoxy groups -OCH3 is 1. The average molecular weight is 260 g/mol. The molecule has 2 bridgehead atoms. The number of hydrogen-bond donors (Lipinski definition) is 1. The molecule has 2 aliphatic carbocycles. The summed E-state index contributed by atoms with van der Waals surface area (Å²) in [6.45, 7) is 7.26. The van der Waals surface area contributed by atoms with E-state index in [1.165, 1.54) is 18.4 Å². The van der Waals surface area contributed by atoms with Crippen molar-refractivity contribution in [1.82, 2.24) is 0 Å². The van der Waals surface area contributed by atoms with Crippen molar-refractivity contribution in [3.63, 3.8) is 0 Å². The van der Waals surface area contributed by atoms with Crippen molar-refractivity contribution in [2.45, 2.75) is 39.5 Å². The van der Waals surface area contributed by atoms with Crippen LogP contribution in [0.4, 0.5) is 0 Å². The molecule has 0 aliphatic heterocycles. The molecule has 0 aromatic heterocycles. The third-order valence-electron chi connectivity index (χ3n) is 6.11. The summed E-state index contributed by atoms with van der Waals surface area (Å²) >= 11 is 0. The lowest BCUT2D eigenvalue weighted by molar-refractivity contribution is 0.122. The van der Waals surface area contributed by atoms with Gasteiger partial charge in [-0.05, 0) is 59.6 Å². The second kappa shape index (κ2) is 4.16. The van der Waals surface area contributed by atoms with Gasteiger partial charge in [0.25, 0.3) is 0 Å². The number of ether oxygens (including phenoxy) is 1. The molecule has 2 saturated carbocycles. The highest BCUT2D eigenvalue weighted by Crippen LogP contribution is 2.64. The van der Waals surface area contributed by atoms with Gasteiger partial charge in [0.15, 0.2) is 11.5 Å². The zero-order valence-corrected chi connectivity index (χ0v) is 12.3. The highest BCUT2D eigenvalue weighted by molar-refractivity contribution is 5.43. The molecule has 2 heteroatoms. The normalized spacial score (nSPS) is 35.6. The standard InChI is InChI=1S/C17H24O2/c1-10-13-8-12(17(10,2)3)9-14(13)11-5-6-15(18)16(7-11)19-4/h5-7,10,12-14,18H,8-9H2,1-4H3/t10-,12+,13-,14-/m1/s1. The number of hydrogen-bond acceptors (Lipinski definition) is 2.